The van der Waals surface area contributed by atoms with Gasteiger partial charge in [-0.25, -0.2) is 4.98 Å². The van der Waals surface area contributed by atoms with Crippen molar-refractivity contribution in [1.29, 1.82) is 0 Å². The molecule has 7 heteroatoms. The van der Waals surface area contributed by atoms with E-state index in [1.807, 2.05) is 0 Å². The molecule has 2 rings (SSSR count). The molecule has 2 heterocycles. The average Bonchev–Trinajstić information content (AvgIpc) is 2.98. The van der Waals surface area contributed by atoms with Gasteiger partial charge in [0.25, 0.3) is 5.91 Å². The van der Waals surface area contributed by atoms with Gasteiger partial charge in [-0.1, -0.05) is 25.2 Å². The molecule has 0 spiro atoms. The minimum Gasteiger partial charge on any atom is -0.394 e. The fourth-order valence-electron chi connectivity index (χ4n) is 2.46. The van der Waals surface area contributed by atoms with E-state index in [1.165, 1.54) is 11.3 Å². The van der Waals surface area contributed by atoms with E-state index in [4.69, 9.17) is 5.73 Å². The van der Waals surface area contributed by atoms with Gasteiger partial charge in [0.2, 0.25) is 0 Å². The van der Waals surface area contributed by atoms with Crippen LogP contribution in [0.1, 0.15) is 36.4 Å². The molecule has 112 valence electrons. The zero-order chi connectivity index (χ0) is 14.7. The van der Waals surface area contributed by atoms with Gasteiger partial charge in [0.05, 0.1) is 12.6 Å². The van der Waals surface area contributed by atoms with Crippen molar-refractivity contribution in [2.75, 3.05) is 30.7 Å². The van der Waals surface area contributed by atoms with Gasteiger partial charge in [0, 0.05) is 13.1 Å². The molecule has 1 fully saturated rings. The van der Waals surface area contributed by atoms with E-state index in [2.05, 4.69) is 24.1 Å². The summed E-state index contributed by atoms with van der Waals surface area (Å²) in [5.74, 6) is 0.471. The van der Waals surface area contributed by atoms with Crippen LogP contribution in [0.2, 0.25) is 0 Å². The van der Waals surface area contributed by atoms with Gasteiger partial charge in [-0.2, -0.15) is 0 Å². The summed E-state index contributed by atoms with van der Waals surface area (Å²) in [4.78, 5) is 18.9. The minimum absolute atomic E-state index is 0.00738. The highest BCUT2D eigenvalue weighted by atomic mass is 32.1. The Hall–Kier alpha value is -1.34. The molecule has 1 aromatic heterocycles. The summed E-state index contributed by atoms with van der Waals surface area (Å²) in [5.41, 5.74) is 5.85. The Balaban J connectivity index is 2.14. The molecular weight excluding hydrogens is 276 g/mol. The van der Waals surface area contributed by atoms with Gasteiger partial charge < -0.3 is 21.1 Å². The maximum Gasteiger partial charge on any atom is 0.268 e. The quantitative estimate of drug-likeness (QED) is 0.764. The van der Waals surface area contributed by atoms with Crippen molar-refractivity contribution in [2.45, 2.75) is 32.7 Å². The molecule has 20 heavy (non-hydrogen) atoms. The third-order valence-electron chi connectivity index (χ3n) is 3.70. The van der Waals surface area contributed by atoms with Crippen LogP contribution in [-0.2, 0) is 0 Å². The summed E-state index contributed by atoms with van der Waals surface area (Å²) >= 11 is 1.29. The zero-order valence-corrected chi connectivity index (χ0v) is 12.7. The van der Waals surface area contributed by atoms with Crippen LogP contribution in [0, 0.1) is 5.92 Å². The third-order valence-corrected chi connectivity index (χ3v) is 4.72. The number of likely N-dealkylation sites (tertiary alicyclic amines) is 1. The van der Waals surface area contributed by atoms with Crippen molar-refractivity contribution in [2.24, 2.45) is 5.92 Å². The van der Waals surface area contributed by atoms with E-state index < -0.39 is 0 Å². The smallest absolute Gasteiger partial charge is 0.268 e. The molecule has 0 bridgehead atoms. The highest BCUT2D eigenvalue weighted by Gasteiger charge is 2.35. The van der Waals surface area contributed by atoms with Crippen LogP contribution in [0.4, 0.5) is 10.9 Å². The Morgan fingerprint density at radius 1 is 1.65 bits per heavy atom. The van der Waals surface area contributed by atoms with Crippen LogP contribution < -0.4 is 11.1 Å². The molecule has 1 saturated heterocycles. The van der Waals surface area contributed by atoms with E-state index in [0.29, 0.717) is 22.5 Å². The van der Waals surface area contributed by atoms with E-state index >= 15 is 0 Å². The minimum atomic E-state index is -0.118. The molecule has 1 amide bonds. The summed E-state index contributed by atoms with van der Waals surface area (Å²) in [6, 6.07) is -0.115. The lowest BCUT2D eigenvalue weighted by Crippen LogP contribution is -2.39. The molecule has 0 radical (unpaired) electrons. The summed E-state index contributed by atoms with van der Waals surface area (Å²) in [6.07, 6.45) is 1.90. The van der Waals surface area contributed by atoms with Crippen LogP contribution in [0.25, 0.3) is 0 Å². The summed E-state index contributed by atoms with van der Waals surface area (Å²) in [7, 11) is 0. The lowest BCUT2D eigenvalue weighted by atomic mass is 10.0. The first-order chi connectivity index (χ1) is 9.58. The number of aliphatic hydroxyl groups excluding tert-OH is 1. The van der Waals surface area contributed by atoms with Gasteiger partial charge in [-0.15, -0.1) is 0 Å². The number of carbonyl (C=O) groups is 1. The molecule has 1 aliphatic heterocycles. The normalized spacial score (nSPS) is 22.2. The maximum atomic E-state index is 12.5. The summed E-state index contributed by atoms with van der Waals surface area (Å²) < 4.78 is 0. The van der Waals surface area contributed by atoms with Crippen LogP contribution >= 0.6 is 11.3 Å². The second kappa shape index (κ2) is 6.41. The van der Waals surface area contributed by atoms with E-state index in [-0.39, 0.29) is 24.4 Å². The number of thiazole rings is 1. The van der Waals surface area contributed by atoms with Gasteiger partial charge in [0.1, 0.15) is 10.7 Å². The first kappa shape index (κ1) is 15.1. The number of amides is 1. The van der Waals surface area contributed by atoms with Crippen LogP contribution in [-0.4, -0.2) is 46.6 Å². The largest absolute Gasteiger partial charge is 0.394 e. The number of nitrogens with two attached hydrogens (primary N) is 1. The Labute approximate surface area is 123 Å². The molecule has 1 aliphatic rings. The Bertz CT molecular complexity index is 477. The van der Waals surface area contributed by atoms with Gasteiger partial charge in [0.15, 0.2) is 5.13 Å². The molecule has 6 nitrogen and oxygen atoms in total. The Kier molecular flexibility index (Phi) is 4.82. The topological polar surface area (TPSA) is 91.5 Å². The number of hydrogen-bond acceptors (Lipinski definition) is 6. The van der Waals surface area contributed by atoms with Crippen LogP contribution in [0.15, 0.2) is 0 Å². The number of nitrogen functional groups attached to an aromatic ring is 1. The second-order valence-corrected chi connectivity index (χ2v) is 6.17. The lowest BCUT2D eigenvalue weighted by Gasteiger charge is -2.24. The van der Waals surface area contributed by atoms with Crippen molar-refractivity contribution in [3.63, 3.8) is 0 Å². The number of hydrogen-bond donors (Lipinski definition) is 3. The fraction of sp³-hybridized carbons (Fsp3) is 0.692. The fourth-order valence-corrected chi connectivity index (χ4v) is 3.33. The van der Waals surface area contributed by atoms with Crippen molar-refractivity contribution in [3.8, 4) is 0 Å². The molecule has 0 saturated carbocycles. The summed E-state index contributed by atoms with van der Waals surface area (Å²) in [5, 5.41) is 13.3. The van der Waals surface area contributed by atoms with Gasteiger partial charge in [-0.05, 0) is 18.8 Å². The van der Waals surface area contributed by atoms with Crippen molar-refractivity contribution < 1.29 is 9.90 Å². The van der Waals surface area contributed by atoms with Gasteiger partial charge >= 0.3 is 0 Å². The number of aromatic nitrogens is 1. The lowest BCUT2D eigenvalue weighted by molar-refractivity contribution is 0.0654. The van der Waals surface area contributed by atoms with E-state index in [9.17, 15) is 9.90 Å². The molecule has 4 N–H and O–H groups in total. The molecule has 2 unspecified atom stereocenters. The standard InChI is InChI=1S/C13H22N4O2S/c1-3-5-15-13-16-11(14)10(20-13)12(19)17-6-4-8(2)9(17)7-18/h8-9,18H,3-7,14H2,1-2H3,(H,15,16). The predicted octanol–water partition coefficient (Wildman–Crippen LogP) is 1.39. The number of nitrogens with zero attached hydrogens (tertiary/aromatic N) is 2. The molecular formula is C13H22N4O2S. The Morgan fingerprint density at radius 3 is 3.05 bits per heavy atom. The SMILES string of the molecule is CCCNc1nc(N)c(C(=O)N2CCC(C)C2CO)s1. The maximum absolute atomic E-state index is 12.5. The zero-order valence-electron chi connectivity index (χ0n) is 11.9. The number of aliphatic hydroxyl groups is 1. The highest BCUT2D eigenvalue weighted by Crippen LogP contribution is 2.31. The molecule has 2 atom stereocenters. The number of nitrogens with one attached hydrogen (secondary N) is 1. The average molecular weight is 298 g/mol. The highest BCUT2D eigenvalue weighted by molar-refractivity contribution is 7.18. The number of anilines is 2. The molecule has 0 aliphatic carbocycles. The van der Waals surface area contributed by atoms with Crippen molar-refractivity contribution in [1.82, 2.24) is 9.88 Å². The van der Waals surface area contributed by atoms with Crippen LogP contribution in [0.5, 0.6) is 0 Å². The monoisotopic (exact) mass is 298 g/mol. The molecule has 0 aromatic carbocycles. The first-order valence-electron chi connectivity index (χ1n) is 7.00. The predicted molar refractivity (Wildman–Crippen MR) is 81.0 cm³/mol. The Morgan fingerprint density at radius 2 is 2.40 bits per heavy atom. The molecule has 1 aromatic rings. The number of rotatable bonds is 5. The third kappa shape index (κ3) is 2.88. The first-order valence-corrected chi connectivity index (χ1v) is 7.82. The van der Waals surface area contributed by atoms with E-state index in [0.717, 1.165) is 19.4 Å². The van der Waals surface area contributed by atoms with Crippen molar-refractivity contribution >= 4 is 28.2 Å². The summed E-state index contributed by atoms with van der Waals surface area (Å²) in [6.45, 7) is 5.58. The van der Waals surface area contributed by atoms with Gasteiger partial charge in [-0.3, -0.25) is 4.79 Å². The van der Waals surface area contributed by atoms with Crippen molar-refractivity contribution in [3.05, 3.63) is 4.88 Å². The van der Waals surface area contributed by atoms with Crippen LogP contribution in [0.3, 0.4) is 0 Å². The second-order valence-electron chi connectivity index (χ2n) is 5.17. The number of carbonyl (C=O) groups excluding carboxylic acids is 1. The van der Waals surface area contributed by atoms with E-state index in [1.54, 1.807) is 4.90 Å².